The molecule has 15 heteroatoms. The van der Waals surface area contributed by atoms with Crippen LogP contribution in [0.2, 0.25) is 0 Å². The summed E-state index contributed by atoms with van der Waals surface area (Å²) in [5, 5.41) is 33.1. The first-order valence-corrected chi connectivity index (χ1v) is 9.74. The quantitative estimate of drug-likeness (QED) is 0.118. The molecule has 0 heterocycles. The fourth-order valence-corrected chi connectivity index (χ4v) is 2.43. The molecule has 0 fully saturated rings. The van der Waals surface area contributed by atoms with E-state index in [0.717, 1.165) is 0 Å². The minimum atomic E-state index is -1.57. The molecular weight excluding hydrogens is 444 g/mol. The Morgan fingerprint density at radius 3 is 1.67 bits per heavy atom. The Labute approximate surface area is 181 Å². The Balaban J connectivity index is 5.20. The molecule has 0 aromatic carbocycles. The molecule has 30 heavy (non-hydrogen) atoms. The highest BCUT2D eigenvalue weighted by Gasteiger charge is 2.30. The second-order valence-corrected chi connectivity index (χ2v) is 6.75. The highest BCUT2D eigenvalue weighted by molar-refractivity contribution is 7.80. The van der Waals surface area contributed by atoms with Crippen molar-refractivity contribution in [2.24, 2.45) is 5.73 Å². The summed E-state index contributed by atoms with van der Waals surface area (Å²) in [6.45, 7) is 0. The van der Waals surface area contributed by atoms with Crippen molar-refractivity contribution in [3.8, 4) is 0 Å². The minimum Gasteiger partial charge on any atom is -0.481 e. The number of hydrogen-bond donors (Lipinski definition) is 9. The highest BCUT2D eigenvalue weighted by Crippen LogP contribution is 2.02. The number of carboxylic acid groups (broad SMARTS) is 3. The zero-order chi connectivity index (χ0) is 23.4. The van der Waals surface area contributed by atoms with Gasteiger partial charge in [0.05, 0.1) is 12.5 Å². The molecule has 13 nitrogen and oxygen atoms in total. The number of carbonyl (C=O) groups is 6. The third kappa shape index (κ3) is 10.3. The van der Waals surface area contributed by atoms with Gasteiger partial charge in [-0.15, -0.1) is 0 Å². The highest BCUT2D eigenvalue weighted by atomic mass is 32.1. The molecule has 0 aliphatic carbocycles. The predicted molar refractivity (Wildman–Crippen MR) is 108 cm³/mol. The van der Waals surface area contributed by atoms with Crippen molar-refractivity contribution in [3.63, 3.8) is 0 Å². The van der Waals surface area contributed by atoms with Gasteiger partial charge in [-0.1, -0.05) is 0 Å². The Hall–Kier alpha value is -2.52. The van der Waals surface area contributed by atoms with Gasteiger partial charge in [0.2, 0.25) is 17.7 Å². The van der Waals surface area contributed by atoms with Gasteiger partial charge in [-0.2, -0.15) is 25.3 Å². The lowest BCUT2D eigenvalue weighted by Gasteiger charge is -2.23. The predicted octanol–water partition coefficient (Wildman–Crippen LogP) is -2.95. The molecule has 170 valence electrons. The second kappa shape index (κ2) is 13.7. The Morgan fingerprint density at radius 2 is 1.23 bits per heavy atom. The van der Waals surface area contributed by atoms with E-state index in [2.05, 4.69) is 41.2 Å². The zero-order valence-electron chi connectivity index (χ0n) is 15.6. The van der Waals surface area contributed by atoms with Crippen LogP contribution >= 0.6 is 25.3 Å². The molecule has 0 saturated carbocycles. The maximum atomic E-state index is 12.4. The van der Waals surface area contributed by atoms with Gasteiger partial charge in [-0.05, 0) is 6.42 Å². The molecule has 8 N–H and O–H groups in total. The number of carbonyl (C=O) groups excluding carboxylic acids is 3. The number of nitrogens with one attached hydrogen (secondary N) is 3. The zero-order valence-corrected chi connectivity index (χ0v) is 17.4. The van der Waals surface area contributed by atoms with E-state index < -0.39 is 79.1 Å². The first kappa shape index (κ1) is 27.5. The van der Waals surface area contributed by atoms with Crippen LogP contribution in [0.3, 0.4) is 0 Å². The molecule has 0 rings (SSSR count). The molecular formula is C15H24N4O9S2. The van der Waals surface area contributed by atoms with E-state index in [1.54, 1.807) is 0 Å². The minimum absolute atomic E-state index is 0.0676. The molecule has 3 amide bonds. The summed E-state index contributed by atoms with van der Waals surface area (Å²) < 4.78 is 0. The SMILES string of the molecule is NC(CS)C(=O)NC(CC(=O)O)C(=O)NC(CS)C(=O)NC(CCC(=O)O)C(=O)O. The molecule has 0 aliphatic rings. The van der Waals surface area contributed by atoms with Gasteiger partial charge < -0.3 is 37.0 Å². The molecule has 0 spiro atoms. The van der Waals surface area contributed by atoms with Crippen LogP contribution in [0, 0.1) is 0 Å². The van der Waals surface area contributed by atoms with E-state index in [1.165, 1.54) is 0 Å². The average molecular weight is 469 g/mol. The Bertz CT molecular complexity index is 676. The molecule has 0 aliphatic heterocycles. The average Bonchev–Trinajstić information content (AvgIpc) is 2.66. The maximum absolute atomic E-state index is 12.4. The van der Waals surface area contributed by atoms with Crippen molar-refractivity contribution in [2.45, 2.75) is 43.4 Å². The van der Waals surface area contributed by atoms with E-state index in [0.29, 0.717) is 0 Å². The van der Waals surface area contributed by atoms with E-state index in [1.807, 2.05) is 0 Å². The summed E-state index contributed by atoms with van der Waals surface area (Å²) >= 11 is 7.72. The lowest BCUT2D eigenvalue weighted by atomic mass is 10.1. The van der Waals surface area contributed by atoms with Crippen LogP contribution in [0.25, 0.3) is 0 Å². The van der Waals surface area contributed by atoms with Crippen LogP contribution < -0.4 is 21.7 Å². The van der Waals surface area contributed by atoms with E-state index in [4.69, 9.17) is 21.1 Å². The standard InChI is InChI=1S/C15H24N4O9S2/c16-6(4-29)12(24)18-8(3-11(22)23)13(25)19-9(5-30)14(26)17-7(15(27)28)1-2-10(20)21/h6-9,29-30H,1-5,16H2,(H,17,26)(H,18,24)(H,19,25)(H,20,21)(H,22,23)(H,27,28). The van der Waals surface area contributed by atoms with Crippen LogP contribution in [-0.4, -0.2) is 86.6 Å². The van der Waals surface area contributed by atoms with E-state index >= 15 is 0 Å². The third-order valence-electron chi connectivity index (χ3n) is 3.62. The van der Waals surface area contributed by atoms with Crippen molar-refractivity contribution in [1.29, 1.82) is 0 Å². The summed E-state index contributed by atoms with van der Waals surface area (Å²) in [7, 11) is 0. The van der Waals surface area contributed by atoms with Gasteiger partial charge in [0, 0.05) is 17.9 Å². The largest absolute Gasteiger partial charge is 0.481 e. The number of aliphatic carboxylic acids is 3. The monoisotopic (exact) mass is 468 g/mol. The number of carboxylic acids is 3. The van der Waals surface area contributed by atoms with Crippen molar-refractivity contribution in [1.82, 2.24) is 16.0 Å². The number of amides is 3. The number of nitrogens with two attached hydrogens (primary N) is 1. The molecule has 0 bridgehead atoms. The number of rotatable bonds is 14. The molecule has 0 aromatic rings. The molecule has 4 unspecified atom stereocenters. The first-order chi connectivity index (χ1) is 13.9. The van der Waals surface area contributed by atoms with Gasteiger partial charge >= 0.3 is 17.9 Å². The van der Waals surface area contributed by atoms with E-state index in [-0.39, 0.29) is 11.5 Å². The normalized spacial score (nSPS) is 14.5. The van der Waals surface area contributed by atoms with Crippen molar-refractivity contribution in [3.05, 3.63) is 0 Å². The van der Waals surface area contributed by atoms with Crippen molar-refractivity contribution >= 4 is 60.9 Å². The first-order valence-electron chi connectivity index (χ1n) is 8.47. The lowest BCUT2D eigenvalue weighted by molar-refractivity contribution is -0.144. The van der Waals surface area contributed by atoms with Crippen LogP contribution in [0.1, 0.15) is 19.3 Å². The van der Waals surface area contributed by atoms with Crippen LogP contribution in [0.5, 0.6) is 0 Å². The fourth-order valence-electron chi connectivity index (χ4n) is 2.01. The van der Waals surface area contributed by atoms with Crippen LogP contribution in [-0.2, 0) is 28.8 Å². The summed E-state index contributed by atoms with van der Waals surface area (Å²) in [4.78, 5) is 69.3. The molecule has 4 atom stereocenters. The summed E-state index contributed by atoms with van der Waals surface area (Å²) in [6, 6.07) is -5.60. The lowest BCUT2D eigenvalue weighted by Crippen LogP contribution is -2.58. The second-order valence-electron chi connectivity index (χ2n) is 6.02. The molecule has 0 saturated heterocycles. The molecule has 0 radical (unpaired) electrons. The fraction of sp³-hybridized carbons (Fsp3) is 0.600. The number of thiol groups is 2. The Morgan fingerprint density at radius 1 is 0.733 bits per heavy atom. The van der Waals surface area contributed by atoms with E-state index in [9.17, 15) is 28.8 Å². The van der Waals surface area contributed by atoms with Crippen molar-refractivity contribution in [2.75, 3.05) is 11.5 Å². The smallest absolute Gasteiger partial charge is 0.326 e. The van der Waals surface area contributed by atoms with Crippen molar-refractivity contribution < 1.29 is 44.1 Å². The topological polar surface area (TPSA) is 225 Å². The summed E-state index contributed by atoms with van der Waals surface area (Å²) in [5.41, 5.74) is 5.46. The summed E-state index contributed by atoms with van der Waals surface area (Å²) in [6.07, 6.45) is -1.73. The number of hydrogen-bond acceptors (Lipinski definition) is 9. The van der Waals surface area contributed by atoms with Crippen LogP contribution in [0.4, 0.5) is 0 Å². The van der Waals surface area contributed by atoms with Gasteiger partial charge in [0.15, 0.2) is 0 Å². The maximum Gasteiger partial charge on any atom is 0.326 e. The van der Waals surface area contributed by atoms with Gasteiger partial charge in [0.25, 0.3) is 0 Å². The van der Waals surface area contributed by atoms with Gasteiger partial charge in [-0.3, -0.25) is 24.0 Å². The summed E-state index contributed by atoms with van der Waals surface area (Å²) in [5.74, 6) is -7.38. The van der Waals surface area contributed by atoms with Gasteiger partial charge in [0.1, 0.15) is 18.1 Å². The van der Waals surface area contributed by atoms with Crippen LogP contribution in [0.15, 0.2) is 0 Å². The molecule has 0 aromatic heterocycles. The Kier molecular flexibility index (Phi) is 12.5. The third-order valence-corrected chi connectivity index (χ3v) is 4.38. The van der Waals surface area contributed by atoms with Gasteiger partial charge in [-0.25, -0.2) is 4.79 Å².